The molecular formula is C11H15Cl2NO2. The SMILES string of the molecule is COCNCCc1cc(Cl)c(OC)cc1Cl. The van der Waals surface area contributed by atoms with Crippen molar-refractivity contribution in [3.05, 3.63) is 27.7 Å². The molecule has 0 saturated heterocycles. The Morgan fingerprint density at radius 1 is 1.19 bits per heavy atom. The lowest BCUT2D eigenvalue weighted by Gasteiger charge is -2.09. The minimum Gasteiger partial charge on any atom is -0.495 e. The molecule has 0 bridgehead atoms. The van der Waals surface area contributed by atoms with Gasteiger partial charge in [0.1, 0.15) is 5.75 Å². The van der Waals surface area contributed by atoms with E-state index < -0.39 is 0 Å². The fraction of sp³-hybridized carbons (Fsp3) is 0.455. The Morgan fingerprint density at radius 3 is 2.56 bits per heavy atom. The van der Waals surface area contributed by atoms with Crippen LogP contribution in [0.5, 0.6) is 5.75 Å². The van der Waals surface area contributed by atoms with E-state index in [0.29, 0.717) is 22.5 Å². The monoisotopic (exact) mass is 263 g/mol. The van der Waals surface area contributed by atoms with Crippen LogP contribution in [0.15, 0.2) is 12.1 Å². The van der Waals surface area contributed by atoms with Gasteiger partial charge < -0.3 is 9.47 Å². The maximum Gasteiger partial charge on any atom is 0.138 e. The molecule has 0 aliphatic heterocycles. The summed E-state index contributed by atoms with van der Waals surface area (Å²) in [6.45, 7) is 1.32. The van der Waals surface area contributed by atoms with Crippen LogP contribution in [0.1, 0.15) is 5.56 Å². The van der Waals surface area contributed by atoms with Crippen molar-refractivity contribution in [1.29, 1.82) is 0 Å². The summed E-state index contributed by atoms with van der Waals surface area (Å²) < 4.78 is 9.95. The molecule has 16 heavy (non-hydrogen) atoms. The second-order valence-corrected chi connectivity index (χ2v) is 4.08. The standard InChI is InChI=1S/C11H15Cl2NO2/c1-15-7-14-4-3-8-5-10(13)11(16-2)6-9(8)12/h5-6,14H,3-4,7H2,1-2H3. The molecule has 1 rings (SSSR count). The van der Waals surface area contributed by atoms with Crippen LogP contribution in [-0.4, -0.2) is 27.5 Å². The predicted molar refractivity (Wildman–Crippen MR) is 66.6 cm³/mol. The second kappa shape index (κ2) is 6.97. The lowest BCUT2D eigenvalue weighted by atomic mass is 10.1. The zero-order valence-electron chi connectivity index (χ0n) is 9.35. The number of methoxy groups -OCH3 is 2. The summed E-state index contributed by atoms with van der Waals surface area (Å²) in [7, 11) is 3.21. The molecule has 0 saturated carbocycles. The number of nitrogens with one attached hydrogen (secondary N) is 1. The molecule has 5 heteroatoms. The van der Waals surface area contributed by atoms with Gasteiger partial charge in [-0.2, -0.15) is 0 Å². The maximum atomic E-state index is 6.10. The molecule has 1 aromatic rings. The van der Waals surface area contributed by atoms with Crippen molar-refractivity contribution in [2.24, 2.45) is 0 Å². The molecule has 0 heterocycles. The van der Waals surface area contributed by atoms with Gasteiger partial charge in [-0.1, -0.05) is 23.2 Å². The molecule has 3 nitrogen and oxygen atoms in total. The molecule has 0 aromatic heterocycles. The van der Waals surface area contributed by atoms with Crippen LogP contribution in [0, 0.1) is 0 Å². The molecule has 0 spiro atoms. The van der Waals surface area contributed by atoms with Gasteiger partial charge in [0.25, 0.3) is 0 Å². The quantitative estimate of drug-likeness (QED) is 0.633. The smallest absolute Gasteiger partial charge is 0.138 e. The molecule has 0 aliphatic rings. The highest BCUT2D eigenvalue weighted by molar-refractivity contribution is 6.34. The highest BCUT2D eigenvalue weighted by Gasteiger charge is 2.07. The van der Waals surface area contributed by atoms with Gasteiger partial charge in [-0.15, -0.1) is 0 Å². The Balaban J connectivity index is 2.63. The van der Waals surface area contributed by atoms with Gasteiger partial charge in [-0.05, 0) is 18.1 Å². The van der Waals surface area contributed by atoms with Gasteiger partial charge in [0.2, 0.25) is 0 Å². The lowest BCUT2D eigenvalue weighted by Crippen LogP contribution is -2.19. The number of hydrogen-bond donors (Lipinski definition) is 1. The van der Waals surface area contributed by atoms with Crippen molar-refractivity contribution in [3.8, 4) is 5.75 Å². The van der Waals surface area contributed by atoms with E-state index >= 15 is 0 Å². The van der Waals surface area contributed by atoms with E-state index in [0.717, 1.165) is 18.5 Å². The molecule has 90 valence electrons. The number of rotatable bonds is 6. The molecule has 0 radical (unpaired) electrons. The summed E-state index contributed by atoms with van der Waals surface area (Å²) in [5.74, 6) is 0.597. The van der Waals surface area contributed by atoms with E-state index in [9.17, 15) is 0 Å². The Morgan fingerprint density at radius 2 is 1.94 bits per heavy atom. The minimum atomic E-state index is 0.529. The van der Waals surface area contributed by atoms with Crippen LogP contribution in [0.25, 0.3) is 0 Å². The first kappa shape index (κ1) is 13.6. The highest BCUT2D eigenvalue weighted by Crippen LogP contribution is 2.30. The average molecular weight is 264 g/mol. The molecule has 0 fully saturated rings. The van der Waals surface area contributed by atoms with Crippen LogP contribution in [0.4, 0.5) is 0 Å². The third kappa shape index (κ3) is 3.83. The van der Waals surface area contributed by atoms with E-state index in [-0.39, 0.29) is 0 Å². The van der Waals surface area contributed by atoms with Gasteiger partial charge in [0, 0.05) is 24.7 Å². The summed E-state index contributed by atoms with van der Waals surface area (Å²) >= 11 is 12.1. The third-order valence-electron chi connectivity index (χ3n) is 2.14. The Labute approximate surface area is 106 Å². The summed E-state index contributed by atoms with van der Waals surface area (Å²) in [6.07, 6.45) is 0.798. The first-order valence-electron chi connectivity index (χ1n) is 4.90. The Hall–Kier alpha value is -0.480. The van der Waals surface area contributed by atoms with Gasteiger partial charge in [0.05, 0.1) is 18.9 Å². The van der Waals surface area contributed by atoms with Crippen molar-refractivity contribution in [2.75, 3.05) is 27.5 Å². The molecule has 1 aromatic carbocycles. The molecule has 1 N–H and O–H groups in total. The molecule has 0 unspecified atom stereocenters. The van der Waals surface area contributed by atoms with Crippen molar-refractivity contribution in [1.82, 2.24) is 5.32 Å². The first-order valence-corrected chi connectivity index (χ1v) is 5.66. The Bertz CT molecular complexity index is 345. The molecule has 0 amide bonds. The highest BCUT2D eigenvalue weighted by atomic mass is 35.5. The van der Waals surface area contributed by atoms with E-state index in [1.807, 2.05) is 6.07 Å². The number of hydrogen-bond acceptors (Lipinski definition) is 3. The third-order valence-corrected chi connectivity index (χ3v) is 2.79. The summed E-state index contributed by atoms with van der Waals surface area (Å²) in [6, 6.07) is 3.56. The fourth-order valence-corrected chi connectivity index (χ4v) is 1.83. The lowest BCUT2D eigenvalue weighted by molar-refractivity contribution is 0.176. The minimum absolute atomic E-state index is 0.529. The van der Waals surface area contributed by atoms with Crippen molar-refractivity contribution >= 4 is 23.2 Å². The molecule has 0 atom stereocenters. The average Bonchev–Trinajstić information content (AvgIpc) is 2.28. The summed E-state index contributed by atoms with van der Waals surface area (Å²) in [5.41, 5.74) is 0.996. The number of halogens is 2. The number of ether oxygens (including phenoxy) is 2. The normalized spacial score (nSPS) is 10.5. The first-order chi connectivity index (χ1) is 7.69. The topological polar surface area (TPSA) is 30.5 Å². The van der Waals surface area contributed by atoms with Crippen LogP contribution >= 0.6 is 23.2 Å². The predicted octanol–water partition coefficient (Wildman–Crippen LogP) is 2.74. The van der Waals surface area contributed by atoms with Crippen LogP contribution in [0.2, 0.25) is 10.0 Å². The second-order valence-electron chi connectivity index (χ2n) is 3.26. The maximum absolute atomic E-state index is 6.10. The van der Waals surface area contributed by atoms with E-state index in [4.69, 9.17) is 32.7 Å². The van der Waals surface area contributed by atoms with Crippen LogP contribution in [0.3, 0.4) is 0 Å². The summed E-state index contributed by atoms with van der Waals surface area (Å²) in [4.78, 5) is 0. The van der Waals surface area contributed by atoms with Crippen molar-refractivity contribution in [2.45, 2.75) is 6.42 Å². The van der Waals surface area contributed by atoms with E-state index in [1.54, 1.807) is 20.3 Å². The van der Waals surface area contributed by atoms with Gasteiger partial charge in [0.15, 0.2) is 0 Å². The fourth-order valence-electron chi connectivity index (χ4n) is 1.32. The van der Waals surface area contributed by atoms with E-state index in [2.05, 4.69) is 5.32 Å². The van der Waals surface area contributed by atoms with Crippen molar-refractivity contribution in [3.63, 3.8) is 0 Å². The zero-order chi connectivity index (χ0) is 12.0. The summed E-state index contributed by atoms with van der Waals surface area (Å²) in [5, 5.41) is 4.35. The molecular weight excluding hydrogens is 249 g/mol. The van der Waals surface area contributed by atoms with Crippen LogP contribution in [-0.2, 0) is 11.2 Å². The van der Waals surface area contributed by atoms with Gasteiger partial charge >= 0.3 is 0 Å². The van der Waals surface area contributed by atoms with E-state index in [1.165, 1.54) is 0 Å². The Kier molecular flexibility index (Phi) is 5.91. The van der Waals surface area contributed by atoms with Gasteiger partial charge in [-0.25, -0.2) is 0 Å². The van der Waals surface area contributed by atoms with Crippen molar-refractivity contribution < 1.29 is 9.47 Å². The molecule has 0 aliphatic carbocycles. The van der Waals surface area contributed by atoms with Crippen LogP contribution < -0.4 is 10.1 Å². The number of benzene rings is 1. The largest absolute Gasteiger partial charge is 0.495 e. The zero-order valence-corrected chi connectivity index (χ0v) is 10.9. The van der Waals surface area contributed by atoms with Gasteiger partial charge in [-0.3, -0.25) is 5.32 Å².